The fourth-order valence-electron chi connectivity index (χ4n) is 21.2. The van der Waals surface area contributed by atoms with E-state index >= 15 is 0 Å². The van der Waals surface area contributed by atoms with E-state index in [0.717, 1.165) is 11.4 Å². The van der Waals surface area contributed by atoms with Gasteiger partial charge in [-0.15, -0.1) is 0 Å². The van der Waals surface area contributed by atoms with E-state index in [1.54, 1.807) is 0 Å². The van der Waals surface area contributed by atoms with Crippen molar-refractivity contribution >= 4 is 136 Å². The third-order valence-corrected chi connectivity index (χ3v) is 24.5. The van der Waals surface area contributed by atoms with Crippen molar-refractivity contribution < 1.29 is 0 Å². The van der Waals surface area contributed by atoms with Gasteiger partial charge in [-0.25, -0.2) is 0 Å². The topological polar surface area (TPSA) is 9.86 Å². The molecule has 13 aromatic carbocycles. The van der Waals surface area contributed by atoms with Crippen molar-refractivity contribution in [3.8, 4) is 11.4 Å². The fraction of sp³-hybridized carbons (Fsp3) is 0.235. The maximum absolute atomic E-state index is 2.58. The summed E-state index contributed by atoms with van der Waals surface area (Å²) in [6.07, 6.45) is 0. The van der Waals surface area contributed by atoms with Crippen molar-refractivity contribution in [2.45, 2.75) is 166 Å². The molecule has 0 atom stereocenters. The van der Waals surface area contributed by atoms with E-state index in [4.69, 9.17) is 0 Å². The second-order valence-electron chi connectivity index (χ2n) is 33.5. The van der Waals surface area contributed by atoms with Crippen LogP contribution in [-0.2, 0) is 0 Å². The molecule has 0 aliphatic rings. The minimum Gasteiger partial charge on any atom is -0.309 e. The van der Waals surface area contributed by atoms with Gasteiger partial charge in [-0.2, -0.15) is 0 Å². The van der Waals surface area contributed by atoms with Gasteiger partial charge >= 0.3 is 0 Å². The van der Waals surface area contributed by atoms with E-state index in [2.05, 4.69) is 369 Å². The zero-order chi connectivity index (χ0) is 76.6. The summed E-state index contributed by atoms with van der Waals surface area (Å²) in [5.74, 6) is 0. The number of aryl methyl sites for hydroxylation is 24. The molecule has 0 unspecified atom stereocenters. The number of hydrogen-bond acceptors (Lipinski definition) is 0. The van der Waals surface area contributed by atoms with Crippen LogP contribution >= 0.6 is 0 Å². The fourth-order valence-corrected chi connectivity index (χ4v) is 21.2. The summed E-state index contributed by atoms with van der Waals surface area (Å²) < 4.78 is 5.11. The van der Waals surface area contributed by atoms with Crippen LogP contribution in [0.4, 0.5) is 0 Å². The molecule has 534 valence electrons. The average Bonchev–Trinajstić information content (AvgIpc) is 1.54. The molecule has 0 fully saturated rings. The Morgan fingerprint density at radius 1 is 0.157 bits per heavy atom. The summed E-state index contributed by atoms with van der Waals surface area (Å²) in [6, 6.07) is 77.7. The van der Waals surface area contributed by atoms with Gasteiger partial charge in [0.1, 0.15) is 0 Å². The van der Waals surface area contributed by atoms with Gasteiger partial charge < -0.3 is 9.13 Å². The lowest BCUT2D eigenvalue weighted by Crippen LogP contribution is -2.56. The summed E-state index contributed by atoms with van der Waals surface area (Å²) in [5.41, 5.74) is 54.9. The van der Waals surface area contributed by atoms with Gasteiger partial charge in [-0.1, -0.05) is 345 Å². The number of hydrogen-bond donors (Lipinski definition) is 0. The van der Waals surface area contributed by atoms with Crippen LogP contribution in [-0.4, -0.2) is 36.0 Å². The van der Waals surface area contributed by atoms with Crippen molar-refractivity contribution in [1.82, 2.24) is 9.13 Å². The van der Waals surface area contributed by atoms with Crippen LogP contribution in [0.15, 0.2) is 194 Å². The number of benzene rings is 13. The van der Waals surface area contributed by atoms with Crippen LogP contribution in [0.5, 0.6) is 0 Å². The molecular formula is C102H104B4N2. The van der Waals surface area contributed by atoms with E-state index in [1.807, 2.05) is 0 Å². The highest BCUT2D eigenvalue weighted by Crippen LogP contribution is 2.36. The van der Waals surface area contributed by atoms with Crippen LogP contribution in [0.25, 0.3) is 55.0 Å². The highest BCUT2D eigenvalue weighted by atomic mass is 15.0. The Bertz CT molecular complexity index is 5100. The first-order valence-electron chi connectivity index (χ1n) is 39.3. The smallest absolute Gasteiger partial charge is 0.242 e. The van der Waals surface area contributed by atoms with Crippen LogP contribution in [0, 0.1) is 166 Å². The summed E-state index contributed by atoms with van der Waals surface area (Å²) >= 11 is 0. The van der Waals surface area contributed by atoms with Gasteiger partial charge in [0.25, 0.3) is 0 Å². The molecule has 15 rings (SSSR count). The van der Waals surface area contributed by atoms with Crippen LogP contribution in [0.2, 0.25) is 0 Å². The van der Waals surface area contributed by atoms with Gasteiger partial charge in [-0.05, 0) is 215 Å². The van der Waals surface area contributed by atoms with Crippen molar-refractivity contribution in [3.05, 3.63) is 328 Å². The van der Waals surface area contributed by atoms with Crippen LogP contribution < -0.4 is 65.6 Å². The number of nitrogens with zero attached hydrogens (tertiary/aromatic N) is 2. The largest absolute Gasteiger partial charge is 0.309 e. The molecule has 0 aliphatic carbocycles. The first-order valence-corrected chi connectivity index (χ1v) is 39.3. The molecule has 0 saturated carbocycles. The Morgan fingerprint density at radius 2 is 0.287 bits per heavy atom. The Kier molecular flexibility index (Phi) is 19.0. The van der Waals surface area contributed by atoms with Gasteiger partial charge in [0.2, 0.25) is 26.9 Å². The summed E-state index contributed by atoms with van der Waals surface area (Å²) in [7, 11) is 0. The molecule has 0 spiro atoms. The van der Waals surface area contributed by atoms with E-state index in [-0.39, 0.29) is 26.9 Å². The Balaban J connectivity index is 0.985. The molecule has 2 nitrogen and oxygen atoms in total. The summed E-state index contributed by atoms with van der Waals surface area (Å²) in [4.78, 5) is 0. The minimum atomic E-state index is 0.00781. The molecule has 2 aromatic heterocycles. The number of rotatable bonds is 14. The summed E-state index contributed by atoms with van der Waals surface area (Å²) in [5, 5.41) is 5.01. The molecule has 0 bridgehead atoms. The zero-order valence-corrected chi connectivity index (χ0v) is 68.7. The Morgan fingerprint density at radius 3 is 0.417 bits per heavy atom. The standard InChI is InChI=1S/C102H104B4N2/c1-57-37-65(9)95(66(10)38-57)103(96-67(11)39-58(2)40-68(96)12)81-25-33-91-87(53-81)88-54-82(104(97-69(13)41-59(3)42-70(97)14)98-71(15)43-60(4)44-72(98)16)26-34-92(88)107(91)85-29-31-86(32-30-85)108-93-35-27-83(105(99-73(17)45-61(5)46-74(99)18)100-75(19)47-62(6)48-76(100)20)55-89(93)90-56-84(28-36-94(90)108)106(101-77(21)49-63(7)50-78(101)22)102-79(23)51-64(8)52-80(102)24/h25-56H,1-24H3. The maximum atomic E-state index is 2.58. The second-order valence-corrected chi connectivity index (χ2v) is 33.5. The molecule has 0 aliphatic heterocycles. The normalized spacial score (nSPS) is 11.7. The average molecular weight is 1400 g/mol. The van der Waals surface area contributed by atoms with Crippen molar-refractivity contribution in [2.75, 3.05) is 0 Å². The van der Waals surface area contributed by atoms with Gasteiger partial charge in [-0.3, -0.25) is 0 Å². The van der Waals surface area contributed by atoms with Gasteiger partial charge in [0.15, 0.2) is 0 Å². The molecule has 15 aromatic rings. The Hall–Kier alpha value is -10.3. The first-order chi connectivity index (χ1) is 51.4. The van der Waals surface area contributed by atoms with Crippen LogP contribution in [0.3, 0.4) is 0 Å². The molecule has 2 heterocycles. The maximum Gasteiger partial charge on any atom is 0.242 e. The highest BCUT2D eigenvalue weighted by Gasteiger charge is 2.35. The third kappa shape index (κ3) is 12.7. The van der Waals surface area contributed by atoms with Gasteiger partial charge in [0, 0.05) is 32.9 Å². The molecule has 108 heavy (non-hydrogen) atoms. The second kappa shape index (κ2) is 28.1. The predicted molar refractivity (Wildman–Crippen MR) is 479 cm³/mol. The molecular weight excluding hydrogens is 1300 g/mol. The van der Waals surface area contributed by atoms with E-state index < -0.39 is 0 Å². The molecule has 0 saturated heterocycles. The lowest BCUT2D eigenvalue weighted by molar-refractivity contribution is 1.14. The third-order valence-electron chi connectivity index (χ3n) is 24.5. The molecule has 0 amide bonds. The number of fused-ring (bicyclic) bond motifs is 6. The molecule has 0 radical (unpaired) electrons. The lowest BCUT2D eigenvalue weighted by Gasteiger charge is -2.25. The monoisotopic (exact) mass is 1400 g/mol. The van der Waals surface area contributed by atoms with Crippen molar-refractivity contribution in [2.24, 2.45) is 0 Å². The minimum absolute atomic E-state index is 0.00781. The summed E-state index contributed by atoms with van der Waals surface area (Å²) in [6.45, 7) is 55.2. The van der Waals surface area contributed by atoms with E-state index in [9.17, 15) is 0 Å². The molecule has 6 heteroatoms. The zero-order valence-electron chi connectivity index (χ0n) is 68.7. The van der Waals surface area contributed by atoms with E-state index in [1.165, 1.54) is 243 Å². The van der Waals surface area contributed by atoms with E-state index in [0.29, 0.717) is 0 Å². The van der Waals surface area contributed by atoms with Crippen molar-refractivity contribution in [3.63, 3.8) is 0 Å². The van der Waals surface area contributed by atoms with Gasteiger partial charge in [0.05, 0.1) is 22.1 Å². The Labute approximate surface area is 646 Å². The lowest BCUT2D eigenvalue weighted by atomic mass is 9.34. The quantitative estimate of drug-likeness (QED) is 0.0961. The molecule has 0 N–H and O–H groups in total. The predicted octanol–water partition coefficient (Wildman–Crippen LogP) is 17.3. The van der Waals surface area contributed by atoms with Crippen LogP contribution in [0.1, 0.15) is 134 Å². The SMILES string of the molecule is Cc1cc(C)c(B(c2ccc3c(c2)c2cc(B(c4c(C)cc(C)cc4C)c4c(C)cc(C)cc4C)ccc2n3-c2ccc(-n3c4ccc(B(c5c(C)cc(C)cc5C)c5c(C)cc(C)cc5C)cc4c4cc(B(c5c(C)cc(C)cc5C)c5c(C)cc(C)cc5C)ccc43)cc2)c2c(C)cc(C)cc2C)c(C)c1. The number of aromatic nitrogens is 2. The first kappa shape index (κ1) is 73.2. The van der Waals surface area contributed by atoms with Crippen molar-refractivity contribution in [1.29, 1.82) is 0 Å². The highest BCUT2D eigenvalue weighted by molar-refractivity contribution is 6.98.